The van der Waals surface area contributed by atoms with E-state index >= 15 is 0 Å². The monoisotopic (exact) mass is 299 g/mol. The number of nitrogens with zero attached hydrogens (tertiary/aromatic N) is 1. The van der Waals surface area contributed by atoms with E-state index in [-0.39, 0.29) is 30.3 Å². The van der Waals surface area contributed by atoms with Crippen molar-refractivity contribution >= 4 is 23.5 Å². The summed E-state index contributed by atoms with van der Waals surface area (Å²) < 4.78 is 17.9. The minimum Gasteiger partial charge on any atom is -0.465 e. The maximum absolute atomic E-state index is 13.1. The molecule has 0 unspecified atom stereocenters. The molecule has 0 fully saturated rings. The van der Waals surface area contributed by atoms with Crippen LogP contribution in [-0.2, 0) is 9.53 Å². The first-order chi connectivity index (χ1) is 9.49. The summed E-state index contributed by atoms with van der Waals surface area (Å²) in [5.41, 5.74) is 0.197. The third-order valence-corrected chi connectivity index (χ3v) is 2.72. The van der Waals surface area contributed by atoms with Gasteiger partial charge in [-0.05, 0) is 25.1 Å². The van der Waals surface area contributed by atoms with Crippen molar-refractivity contribution in [2.45, 2.75) is 6.92 Å². The van der Waals surface area contributed by atoms with Crippen LogP contribution >= 0.6 is 11.6 Å². The van der Waals surface area contributed by atoms with Crippen molar-refractivity contribution in [1.29, 1.82) is 0 Å². The molecule has 0 N–H and O–H groups in total. The van der Waals surface area contributed by atoms with E-state index < -0.39 is 17.7 Å². The fourth-order valence-electron chi connectivity index (χ4n) is 1.55. The Labute approximate surface area is 121 Å². The Balaban J connectivity index is 2.89. The average Bonchev–Trinajstić information content (AvgIpc) is 2.41. The highest BCUT2D eigenvalue weighted by Crippen LogP contribution is 2.17. The first-order valence-electron chi connectivity index (χ1n) is 6.00. The molecule has 1 rings (SSSR count). The summed E-state index contributed by atoms with van der Waals surface area (Å²) in [6.45, 7) is 5.41. The number of rotatable bonds is 6. The molecule has 0 aliphatic rings. The van der Waals surface area contributed by atoms with Crippen LogP contribution in [0.25, 0.3) is 0 Å². The predicted molar refractivity (Wildman–Crippen MR) is 74.1 cm³/mol. The topological polar surface area (TPSA) is 46.6 Å². The van der Waals surface area contributed by atoms with E-state index in [1.54, 1.807) is 6.92 Å². The molecule has 0 aliphatic heterocycles. The minimum absolute atomic E-state index is 0.148. The summed E-state index contributed by atoms with van der Waals surface area (Å²) in [6, 6.07) is 3.64. The van der Waals surface area contributed by atoms with Gasteiger partial charge in [-0.1, -0.05) is 17.7 Å². The average molecular weight is 300 g/mol. The van der Waals surface area contributed by atoms with Gasteiger partial charge in [-0.3, -0.25) is 9.59 Å². The zero-order chi connectivity index (χ0) is 15.1. The molecule has 20 heavy (non-hydrogen) atoms. The highest BCUT2D eigenvalue weighted by Gasteiger charge is 2.19. The second kappa shape index (κ2) is 7.65. The van der Waals surface area contributed by atoms with Crippen LogP contribution < -0.4 is 0 Å². The zero-order valence-corrected chi connectivity index (χ0v) is 11.8. The number of halogens is 2. The molecule has 0 heterocycles. The standard InChI is InChI=1S/C14H15ClFNO3/c1-3-7-17(9-13(18)20-4-2)14(19)10-5-6-12(16)11(15)8-10/h3,5-6,8H,1,4,7,9H2,2H3. The number of benzene rings is 1. The molecule has 0 aromatic heterocycles. The second-order valence-corrected chi connectivity index (χ2v) is 4.32. The largest absolute Gasteiger partial charge is 0.465 e. The normalized spacial score (nSPS) is 9.95. The van der Waals surface area contributed by atoms with Crippen LogP contribution in [0.15, 0.2) is 30.9 Å². The molecular formula is C14H15ClFNO3. The van der Waals surface area contributed by atoms with Crippen molar-refractivity contribution in [3.63, 3.8) is 0 Å². The lowest BCUT2D eigenvalue weighted by molar-refractivity contribution is -0.143. The molecule has 4 nitrogen and oxygen atoms in total. The fourth-order valence-corrected chi connectivity index (χ4v) is 1.73. The van der Waals surface area contributed by atoms with Crippen molar-refractivity contribution in [3.05, 3.63) is 47.3 Å². The molecule has 0 bridgehead atoms. The van der Waals surface area contributed by atoms with Gasteiger partial charge in [0.05, 0.1) is 11.6 Å². The Hall–Kier alpha value is -1.88. The molecule has 1 amide bonds. The highest BCUT2D eigenvalue weighted by atomic mass is 35.5. The molecule has 0 saturated carbocycles. The third kappa shape index (κ3) is 4.35. The molecule has 0 atom stereocenters. The Morgan fingerprint density at radius 1 is 1.50 bits per heavy atom. The van der Waals surface area contributed by atoms with Crippen molar-refractivity contribution < 1.29 is 18.7 Å². The van der Waals surface area contributed by atoms with E-state index in [0.717, 1.165) is 6.07 Å². The fraction of sp³-hybridized carbons (Fsp3) is 0.286. The quantitative estimate of drug-likeness (QED) is 0.599. The molecule has 0 aliphatic carbocycles. The van der Waals surface area contributed by atoms with Gasteiger partial charge in [-0.25, -0.2) is 4.39 Å². The molecule has 1 aromatic rings. The van der Waals surface area contributed by atoms with Crippen LogP contribution in [-0.4, -0.2) is 36.5 Å². The van der Waals surface area contributed by atoms with Gasteiger partial charge < -0.3 is 9.64 Å². The summed E-state index contributed by atoms with van der Waals surface area (Å²) in [5, 5.41) is -0.148. The van der Waals surface area contributed by atoms with E-state index in [0.29, 0.717) is 0 Å². The van der Waals surface area contributed by atoms with Crippen LogP contribution in [0, 0.1) is 5.82 Å². The summed E-state index contributed by atoms with van der Waals surface area (Å²) in [5.74, 6) is -1.57. The van der Waals surface area contributed by atoms with Gasteiger partial charge in [0.25, 0.3) is 5.91 Å². The third-order valence-electron chi connectivity index (χ3n) is 2.43. The lowest BCUT2D eigenvalue weighted by Crippen LogP contribution is -2.36. The van der Waals surface area contributed by atoms with Crippen molar-refractivity contribution in [2.24, 2.45) is 0 Å². The van der Waals surface area contributed by atoms with Crippen LogP contribution in [0.4, 0.5) is 4.39 Å². The lowest BCUT2D eigenvalue weighted by atomic mass is 10.2. The minimum atomic E-state index is -0.608. The summed E-state index contributed by atoms with van der Waals surface area (Å²) in [6.07, 6.45) is 1.49. The van der Waals surface area contributed by atoms with Gasteiger partial charge in [0.1, 0.15) is 12.4 Å². The van der Waals surface area contributed by atoms with Crippen LogP contribution in [0.2, 0.25) is 5.02 Å². The highest BCUT2D eigenvalue weighted by molar-refractivity contribution is 6.31. The number of carbonyl (C=O) groups excluding carboxylic acids is 2. The van der Waals surface area contributed by atoms with Gasteiger partial charge in [0.15, 0.2) is 0 Å². The number of ether oxygens (including phenoxy) is 1. The van der Waals surface area contributed by atoms with Gasteiger partial charge >= 0.3 is 5.97 Å². The van der Waals surface area contributed by atoms with Crippen LogP contribution in [0.5, 0.6) is 0 Å². The first kappa shape index (κ1) is 16.2. The Morgan fingerprint density at radius 3 is 2.75 bits per heavy atom. The zero-order valence-electron chi connectivity index (χ0n) is 11.1. The Morgan fingerprint density at radius 2 is 2.20 bits per heavy atom. The lowest BCUT2D eigenvalue weighted by Gasteiger charge is -2.20. The van der Waals surface area contributed by atoms with Crippen molar-refractivity contribution in [2.75, 3.05) is 19.7 Å². The van der Waals surface area contributed by atoms with Crippen molar-refractivity contribution in [1.82, 2.24) is 4.90 Å². The molecule has 6 heteroatoms. The van der Waals surface area contributed by atoms with Crippen molar-refractivity contribution in [3.8, 4) is 0 Å². The maximum atomic E-state index is 13.1. The van der Waals surface area contributed by atoms with Crippen LogP contribution in [0.1, 0.15) is 17.3 Å². The number of amides is 1. The smallest absolute Gasteiger partial charge is 0.325 e. The second-order valence-electron chi connectivity index (χ2n) is 3.91. The van der Waals surface area contributed by atoms with Gasteiger partial charge in [-0.15, -0.1) is 6.58 Å². The molecular weight excluding hydrogens is 285 g/mol. The van der Waals surface area contributed by atoms with E-state index in [2.05, 4.69) is 6.58 Å². The SMILES string of the molecule is C=CCN(CC(=O)OCC)C(=O)c1ccc(F)c(Cl)c1. The van der Waals surface area contributed by atoms with E-state index in [1.165, 1.54) is 23.1 Å². The number of hydrogen-bond acceptors (Lipinski definition) is 3. The first-order valence-corrected chi connectivity index (χ1v) is 6.38. The van der Waals surface area contributed by atoms with E-state index in [9.17, 15) is 14.0 Å². The Kier molecular flexibility index (Phi) is 6.18. The number of esters is 1. The molecule has 108 valence electrons. The van der Waals surface area contributed by atoms with E-state index in [4.69, 9.17) is 16.3 Å². The van der Waals surface area contributed by atoms with Crippen LogP contribution in [0.3, 0.4) is 0 Å². The number of carbonyl (C=O) groups is 2. The van der Waals surface area contributed by atoms with Gasteiger partial charge in [-0.2, -0.15) is 0 Å². The molecule has 0 radical (unpaired) electrons. The maximum Gasteiger partial charge on any atom is 0.325 e. The summed E-state index contributed by atoms with van der Waals surface area (Å²) in [4.78, 5) is 24.9. The molecule has 1 aromatic carbocycles. The predicted octanol–water partition coefficient (Wildman–Crippen LogP) is 2.67. The number of hydrogen-bond donors (Lipinski definition) is 0. The Bertz CT molecular complexity index is 519. The summed E-state index contributed by atoms with van der Waals surface area (Å²) in [7, 11) is 0. The summed E-state index contributed by atoms with van der Waals surface area (Å²) >= 11 is 5.64. The van der Waals surface area contributed by atoms with Gasteiger partial charge in [0, 0.05) is 12.1 Å². The van der Waals surface area contributed by atoms with E-state index in [1.807, 2.05) is 0 Å². The molecule has 0 spiro atoms. The molecule has 0 saturated heterocycles. The van der Waals surface area contributed by atoms with Gasteiger partial charge in [0.2, 0.25) is 0 Å².